The Bertz CT molecular complexity index is 1970. The second kappa shape index (κ2) is 14.7. The Morgan fingerprint density at radius 1 is 0.612 bits per heavy atom. The lowest BCUT2D eigenvalue weighted by Gasteiger charge is -2.35. The quantitative estimate of drug-likeness (QED) is 0.228. The van der Waals surface area contributed by atoms with Crippen molar-refractivity contribution >= 4 is 23.7 Å². The van der Waals surface area contributed by atoms with Crippen molar-refractivity contribution in [3.63, 3.8) is 0 Å². The Balaban J connectivity index is 0.000000191. The van der Waals surface area contributed by atoms with Gasteiger partial charge < -0.3 is 0 Å². The van der Waals surface area contributed by atoms with Crippen LogP contribution in [0.3, 0.4) is 0 Å². The molecule has 0 unspecified atom stereocenters. The van der Waals surface area contributed by atoms with Gasteiger partial charge in [-0.05, 0) is 60.1 Å². The number of amides is 2. The van der Waals surface area contributed by atoms with E-state index in [9.17, 15) is 22.8 Å². The highest BCUT2D eigenvalue weighted by molar-refractivity contribution is 5.93. The molecular weight excluding hydrogens is 629 g/mol. The van der Waals surface area contributed by atoms with Crippen LogP contribution >= 0.6 is 0 Å². The lowest BCUT2D eigenvalue weighted by molar-refractivity contribution is -0.123. The topological polar surface area (TPSA) is 92.2 Å². The minimum absolute atomic E-state index is 0.00286. The molecule has 2 amide bonds. The molecule has 4 heterocycles. The molecule has 0 atom stereocenters. The number of piperidine rings is 2. The van der Waals surface area contributed by atoms with Gasteiger partial charge in [0.15, 0.2) is 0 Å². The molecule has 8 nitrogen and oxygen atoms in total. The first-order chi connectivity index (χ1) is 23.3. The number of anilines is 2. The second-order valence-electron chi connectivity index (χ2n) is 13.5. The first-order valence-corrected chi connectivity index (χ1v) is 15.8. The zero-order valence-corrected chi connectivity index (χ0v) is 27.7. The highest BCUT2D eigenvalue weighted by Crippen LogP contribution is 2.33. The third-order valence-corrected chi connectivity index (χ3v) is 8.09. The minimum atomic E-state index is -0.590. The molecule has 0 bridgehead atoms. The first-order valence-electron chi connectivity index (χ1n) is 15.8. The van der Waals surface area contributed by atoms with Gasteiger partial charge in [0.25, 0.3) is 0 Å². The van der Waals surface area contributed by atoms with E-state index >= 15 is 0 Å². The fraction of sp³-hybridized carbons (Fsp3) is 0.316. The number of carbonyl (C=O) groups excluding carboxylic acids is 2. The fourth-order valence-electron chi connectivity index (χ4n) is 5.18. The smallest absolute Gasteiger partial charge is 0.232 e. The highest BCUT2D eigenvalue weighted by atomic mass is 19.1. The average Bonchev–Trinajstić information content (AvgIpc) is 3.05. The number of aromatic nitrogens is 4. The molecule has 0 N–H and O–H groups in total. The molecule has 4 aromatic rings. The molecule has 6 rings (SSSR count). The summed E-state index contributed by atoms with van der Waals surface area (Å²) in [5.41, 5.74) is 1.66. The standard InChI is InChI=1S/C19H17F2N3O.C19H18FN3O/c1-19(2)7-8-24(17(25)10-19)18-22-11-13(12-23-18)3-4-14-9-15(20)5-6-16(14)21;1-19(2)8-9-23(17(24)11-19)18-21-12-15(13-22-18)7-6-14-4-3-5-16(20)10-14/h5-6,9,11-12H,7-8,10H2,1-2H3;3-5,10,12-13H,8-9,11H2,1-2H3. The maximum absolute atomic E-state index is 13.5. The highest BCUT2D eigenvalue weighted by Gasteiger charge is 2.34. The van der Waals surface area contributed by atoms with E-state index in [-0.39, 0.29) is 34.0 Å². The number of halogens is 3. The van der Waals surface area contributed by atoms with E-state index in [0.29, 0.717) is 54.5 Å². The second-order valence-corrected chi connectivity index (χ2v) is 13.5. The van der Waals surface area contributed by atoms with Gasteiger partial charge >= 0.3 is 0 Å². The van der Waals surface area contributed by atoms with Crippen molar-refractivity contribution in [3.05, 3.63) is 107 Å². The van der Waals surface area contributed by atoms with Crippen molar-refractivity contribution in [1.29, 1.82) is 0 Å². The molecule has 0 radical (unpaired) electrons. The van der Waals surface area contributed by atoms with Crippen LogP contribution in [0.2, 0.25) is 0 Å². The molecule has 2 aliphatic heterocycles. The summed E-state index contributed by atoms with van der Waals surface area (Å²) in [6.45, 7) is 9.51. The van der Waals surface area contributed by atoms with Crippen LogP contribution in [0.4, 0.5) is 25.1 Å². The van der Waals surface area contributed by atoms with Crippen LogP contribution in [0, 0.1) is 52.0 Å². The van der Waals surface area contributed by atoms with E-state index in [1.165, 1.54) is 24.5 Å². The molecule has 0 spiro atoms. The third-order valence-electron chi connectivity index (χ3n) is 8.09. The molecule has 11 heteroatoms. The van der Waals surface area contributed by atoms with Gasteiger partial charge in [0.05, 0.1) is 16.7 Å². The zero-order valence-electron chi connectivity index (χ0n) is 27.7. The normalized spacial score (nSPS) is 16.4. The van der Waals surface area contributed by atoms with E-state index in [2.05, 4.69) is 71.3 Å². The summed E-state index contributed by atoms with van der Waals surface area (Å²) in [6.07, 6.45) is 8.86. The minimum Gasteiger partial charge on any atom is -0.281 e. The molecule has 0 saturated carbocycles. The van der Waals surface area contributed by atoms with Gasteiger partial charge in [0.1, 0.15) is 17.5 Å². The fourth-order valence-corrected chi connectivity index (χ4v) is 5.18. The van der Waals surface area contributed by atoms with Gasteiger partial charge in [-0.3, -0.25) is 19.4 Å². The summed E-state index contributed by atoms with van der Waals surface area (Å²) in [4.78, 5) is 44.5. The van der Waals surface area contributed by atoms with E-state index in [1.54, 1.807) is 34.3 Å². The number of benzene rings is 2. The van der Waals surface area contributed by atoms with Gasteiger partial charge in [0.2, 0.25) is 23.7 Å². The van der Waals surface area contributed by atoms with E-state index in [1.807, 2.05) is 0 Å². The van der Waals surface area contributed by atoms with Crippen LogP contribution in [0.1, 0.15) is 75.6 Å². The maximum Gasteiger partial charge on any atom is 0.232 e. The van der Waals surface area contributed by atoms with Crippen molar-refractivity contribution in [1.82, 2.24) is 19.9 Å². The Kier molecular flexibility index (Phi) is 10.4. The molecule has 2 aromatic heterocycles. The predicted octanol–water partition coefficient (Wildman–Crippen LogP) is 6.48. The van der Waals surface area contributed by atoms with Crippen molar-refractivity contribution in [2.75, 3.05) is 22.9 Å². The summed E-state index contributed by atoms with van der Waals surface area (Å²) in [6, 6.07) is 9.20. The monoisotopic (exact) mass is 664 g/mol. The van der Waals surface area contributed by atoms with E-state index in [4.69, 9.17) is 0 Å². The number of hydrogen-bond acceptors (Lipinski definition) is 6. The van der Waals surface area contributed by atoms with Gasteiger partial charge in [0, 0.05) is 56.3 Å². The maximum atomic E-state index is 13.5. The van der Waals surface area contributed by atoms with Crippen molar-refractivity contribution in [2.45, 2.75) is 53.4 Å². The SMILES string of the molecule is CC1(C)CCN(c2ncc(C#Cc3cc(F)ccc3F)cn2)C(=O)C1.CC1(C)CCN(c2ncc(C#Cc3cccc(F)c3)cn2)C(=O)C1. The number of rotatable bonds is 2. The Labute approximate surface area is 283 Å². The Morgan fingerprint density at radius 3 is 1.57 bits per heavy atom. The van der Waals surface area contributed by atoms with Gasteiger partial charge in [-0.1, -0.05) is 57.4 Å². The van der Waals surface area contributed by atoms with Crippen LogP contribution < -0.4 is 9.80 Å². The molecule has 2 aliphatic rings. The van der Waals surface area contributed by atoms with E-state index in [0.717, 1.165) is 31.0 Å². The average molecular weight is 665 g/mol. The summed E-state index contributed by atoms with van der Waals surface area (Å²) in [7, 11) is 0. The molecule has 49 heavy (non-hydrogen) atoms. The number of carbonyl (C=O) groups is 2. The largest absolute Gasteiger partial charge is 0.281 e. The van der Waals surface area contributed by atoms with Crippen LogP contribution in [0.25, 0.3) is 0 Å². The van der Waals surface area contributed by atoms with Crippen LogP contribution in [0.15, 0.2) is 67.3 Å². The van der Waals surface area contributed by atoms with Gasteiger partial charge in [-0.25, -0.2) is 33.1 Å². The molecule has 2 saturated heterocycles. The molecule has 250 valence electrons. The van der Waals surface area contributed by atoms with Gasteiger partial charge in [-0.2, -0.15) is 0 Å². The summed E-state index contributed by atoms with van der Waals surface area (Å²) < 4.78 is 39.8. The zero-order chi connectivity index (χ0) is 35.2. The lowest BCUT2D eigenvalue weighted by Crippen LogP contribution is -2.42. The summed E-state index contributed by atoms with van der Waals surface area (Å²) >= 11 is 0. The Morgan fingerprint density at radius 2 is 1.08 bits per heavy atom. The number of hydrogen-bond donors (Lipinski definition) is 0. The van der Waals surface area contributed by atoms with Crippen molar-refractivity contribution in [2.24, 2.45) is 10.8 Å². The molecule has 2 fully saturated rings. The predicted molar refractivity (Wildman–Crippen MR) is 180 cm³/mol. The molecular formula is C38H35F3N6O2. The van der Waals surface area contributed by atoms with E-state index < -0.39 is 11.6 Å². The van der Waals surface area contributed by atoms with Crippen molar-refractivity contribution in [3.8, 4) is 23.7 Å². The van der Waals surface area contributed by atoms with Crippen molar-refractivity contribution < 1.29 is 22.8 Å². The van der Waals surface area contributed by atoms with Crippen LogP contribution in [-0.4, -0.2) is 44.8 Å². The van der Waals surface area contributed by atoms with Crippen LogP contribution in [-0.2, 0) is 9.59 Å². The lowest BCUT2D eigenvalue weighted by atomic mass is 9.82. The Hall–Kier alpha value is -5.55. The molecule has 0 aliphatic carbocycles. The summed E-state index contributed by atoms with van der Waals surface area (Å²) in [5.74, 6) is 10.4. The van der Waals surface area contributed by atoms with Gasteiger partial charge in [-0.15, -0.1) is 0 Å². The summed E-state index contributed by atoms with van der Waals surface area (Å²) in [5, 5.41) is 0. The molecule has 2 aromatic carbocycles. The third kappa shape index (κ3) is 9.51. The number of nitrogens with zero attached hydrogens (tertiary/aromatic N) is 6. The van der Waals surface area contributed by atoms with Crippen LogP contribution in [0.5, 0.6) is 0 Å². The first kappa shape index (κ1) is 34.8.